The number of anilines is 1. The Morgan fingerprint density at radius 3 is 2.63 bits per heavy atom. The van der Waals surface area contributed by atoms with Gasteiger partial charge in [-0.25, -0.2) is 8.42 Å². The molecule has 1 N–H and O–H groups in total. The molecular formula is C26H26N2O6S. The zero-order valence-corrected chi connectivity index (χ0v) is 20.1. The molecule has 1 saturated heterocycles. The summed E-state index contributed by atoms with van der Waals surface area (Å²) < 4.78 is 44.9. The molecule has 1 atom stereocenters. The Labute approximate surface area is 204 Å². The van der Waals surface area contributed by atoms with E-state index in [9.17, 15) is 13.2 Å². The van der Waals surface area contributed by atoms with E-state index in [4.69, 9.17) is 14.2 Å². The Morgan fingerprint density at radius 1 is 1.00 bits per heavy atom. The van der Waals surface area contributed by atoms with Crippen LogP contribution in [0.1, 0.15) is 34.8 Å². The summed E-state index contributed by atoms with van der Waals surface area (Å²) in [5.74, 6) is 1.51. The maximum Gasteiger partial charge on any atom is 0.262 e. The molecule has 2 aliphatic rings. The van der Waals surface area contributed by atoms with E-state index >= 15 is 0 Å². The summed E-state index contributed by atoms with van der Waals surface area (Å²) in [4.78, 5) is 15.3. The summed E-state index contributed by atoms with van der Waals surface area (Å²) >= 11 is 0. The number of carbonyl (C=O) groups excluding carboxylic acids is 1. The van der Waals surface area contributed by atoms with Crippen molar-refractivity contribution in [1.82, 2.24) is 4.90 Å². The third-order valence-electron chi connectivity index (χ3n) is 6.18. The Morgan fingerprint density at radius 2 is 1.80 bits per heavy atom. The van der Waals surface area contributed by atoms with E-state index in [1.165, 1.54) is 12.1 Å². The number of nitrogens with one attached hydrogen (secondary N) is 1. The van der Waals surface area contributed by atoms with Crippen molar-refractivity contribution in [1.29, 1.82) is 0 Å². The minimum Gasteiger partial charge on any atom is -0.497 e. The zero-order valence-electron chi connectivity index (χ0n) is 19.3. The Balaban J connectivity index is 1.36. The Hall–Kier alpha value is -3.72. The van der Waals surface area contributed by atoms with Gasteiger partial charge in [-0.15, -0.1) is 0 Å². The number of benzene rings is 3. The summed E-state index contributed by atoms with van der Waals surface area (Å²) in [6.45, 7) is 1.42. The number of fused-ring (bicyclic) bond motifs is 1. The fourth-order valence-corrected chi connectivity index (χ4v) is 5.56. The molecule has 2 heterocycles. The van der Waals surface area contributed by atoms with Crippen LogP contribution in [0.5, 0.6) is 17.2 Å². The van der Waals surface area contributed by atoms with Crippen LogP contribution in [0.25, 0.3) is 0 Å². The number of amides is 1. The first-order chi connectivity index (χ1) is 16.9. The molecule has 0 spiro atoms. The van der Waals surface area contributed by atoms with Crippen molar-refractivity contribution in [3.05, 3.63) is 77.9 Å². The van der Waals surface area contributed by atoms with Crippen LogP contribution < -0.4 is 18.9 Å². The molecule has 3 aromatic rings. The van der Waals surface area contributed by atoms with Crippen molar-refractivity contribution in [2.45, 2.75) is 23.8 Å². The number of hydrogen-bond donors (Lipinski definition) is 1. The number of rotatable bonds is 6. The SMILES string of the molecule is COc1cccc(C2CCCN2C(=O)c2cccc(NS(=O)(=O)c3ccc4c(c3)OCCO4)c2)c1. The molecule has 0 aromatic heterocycles. The predicted octanol–water partition coefficient (Wildman–Crippen LogP) is 4.24. The average molecular weight is 495 g/mol. The van der Waals surface area contributed by atoms with Crippen molar-refractivity contribution >= 4 is 21.6 Å². The van der Waals surface area contributed by atoms with Gasteiger partial charge >= 0.3 is 0 Å². The molecule has 35 heavy (non-hydrogen) atoms. The smallest absolute Gasteiger partial charge is 0.262 e. The standard InChI is InChI=1S/C26H26N2O6S/c1-32-21-8-3-5-18(16-21)23-9-4-12-28(23)26(29)19-6-2-7-20(15-19)27-35(30,31)22-10-11-24-25(17-22)34-14-13-33-24/h2-3,5-8,10-11,15-17,23,27H,4,9,12-14H2,1H3. The van der Waals surface area contributed by atoms with Crippen molar-refractivity contribution in [2.75, 3.05) is 31.6 Å². The van der Waals surface area contributed by atoms with E-state index in [0.29, 0.717) is 42.5 Å². The maximum absolute atomic E-state index is 13.4. The van der Waals surface area contributed by atoms with Crippen LogP contribution in [0.3, 0.4) is 0 Å². The summed E-state index contributed by atoms with van der Waals surface area (Å²) in [6, 6.07) is 18.7. The summed E-state index contributed by atoms with van der Waals surface area (Å²) in [7, 11) is -2.27. The normalized spacial score (nSPS) is 17.2. The van der Waals surface area contributed by atoms with Crippen LogP contribution in [0.15, 0.2) is 71.6 Å². The topological polar surface area (TPSA) is 94.2 Å². The van der Waals surface area contributed by atoms with E-state index in [0.717, 1.165) is 24.2 Å². The number of methoxy groups -OCH3 is 1. The molecule has 8 nitrogen and oxygen atoms in total. The molecule has 1 unspecified atom stereocenters. The molecule has 1 fully saturated rings. The second-order valence-electron chi connectivity index (χ2n) is 8.42. The molecule has 182 valence electrons. The molecule has 2 aliphatic heterocycles. The number of carbonyl (C=O) groups is 1. The second-order valence-corrected chi connectivity index (χ2v) is 10.1. The first-order valence-electron chi connectivity index (χ1n) is 11.4. The van der Waals surface area contributed by atoms with Gasteiger partial charge in [-0.3, -0.25) is 9.52 Å². The van der Waals surface area contributed by atoms with Gasteiger partial charge in [0.1, 0.15) is 19.0 Å². The molecule has 0 saturated carbocycles. The van der Waals surface area contributed by atoms with Gasteiger partial charge in [-0.1, -0.05) is 18.2 Å². The van der Waals surface area contributed by atoms with Gasteiger partial charge in [0.2, 0.25) is 0 Å². The molecule has 0 aliphatic carbocycles. The molecular weight excluding hydrogens is 468 g/mol. The van der Waals surface area contributed by atoms with Crippen molar-refractivity contribution < 1.29 is 27.4 Å². The third kappa shape index (κ3) is 4.77. The minimum atomic E-state index is -3.89. The number of hydrogen-bond acceptors (Lipinski definition) is 6. The van der Waals surface area contributed by atoms with E-state index in [1.807, 2.05) is 29.2 Å². The minimum absolute atomic E-state index is 0.0520. The number of nitrogens with zero attached hydrogens (tertiary/aromatic N) is 1. The zero-order chi connectivity index (χ0) is 24.4. The lowest BCUT2D eigenvalue weighted by Gasteiger charge is -2.25. The number of ether oxygens (including phenoxy) is 3. The van der Waals surface area contributed by atoms with Crippen LogP contribution in [0.2, 0.25) is 0 Å². The lowest BCUT2D eigenvalue weighted by Crippen LogP contribution is -2.30. The molecule has 9 heteroatoms. The highest BCUT2D eigenvalue weighted by molar-refractivity contribution is 7.92. The van der Waals surface area contributed by atoms with Gasteiger partial charge < -0.3 is 19.1 Å². The Bertz CT molecular complexity index is 1360. The number of likely N-dealkylation sites (tertiary alicyclic amines) is 1. The van der Waals surface area contributed by atoms with Gasteiger partial charge in [0.05, 0.1) is 18.0 Å². The van der Waals surface area contributed by atoms with Crippen molar-refractivity contribution in [3.63, 3.8) is 0 Å². The highest BCUT2D eigenvalue weighted by Gasteiger charge is 2.31. The quantitative estimate of drug-likeness (QED) is 0.551. The van der Waals surface area contributed by atoms with E-state index in [1.54, 1.807) is 37.4 Å². The van der Waals surface area contributed by atoms with Crippen LogP contribution >= 0.6 is 0 Å². The predicted molar refractivity (Wildman–Crippen MR) is 131 cm³/mol. The monoisotopic (exact) mass is 494 g/mol. The first kappa shape index (κ1) is 23.0. The highest BCUT2D eigenvalue weighted by atomic mass is 32.2. The summed E-state index contributed by atoms with van der Waals surface area (Å²) in [6.07, 6.45) is 1.75. The van der Waals surface area contributed by atoms with Crippen molar-refractivity contribution in [2.24, 2.45) is 0 Å². The van der Waals surface area contributed by atoms with E-state index < -0.39 is 10.0 Å². The van der Waals surface area contributed by atoms with Crippen molar-refractivity contribution in [3.8, 4) is 17.2 Å². The lowest BCUT2D eigenvalue weighted by atomic mass is 10.0. The van der Waals surface area contributed by atoms with Gasteiger partial charge in [-0.2, -0.15) is 0 Å². The van der Waals surface area contributed by atoms with Gasteiger partial charge in [0, 0.05) is 23.9 Å². The lowest BCUT2D eigenvalue weighted by molar-refractivity contribution is 0.0735. The largest absolute Gasteiger partial charge is 0.497 e. The molecule has 5 rings (SSSR count). The fourth-order valence-electron chi connectivity index (χ4n) is 4.49. The van der Waals surface area contributed by atoms with Gasteiger partial charge in [0.25, 0.3) is 15.9 Å². The highest BCUT2D eigenvalue weighted by Crippen LogP contribution is 2.35. The second kappa shape index (κ2) is 9.50. The third-order valence-corrected chi connectivity index (χ3v) is 7.56. The molecule has 0 bridgehead atoms. The van der Waals surface area contributed by atoms with E-state index in [2.05, 4.69) is 4.72 Å². The van der Waals surface area contributed by atoms with Gasteiger partial charge in [0.15, 0.2) is 11.5 Å². The molecule has 1 amide bonds. The fraction of sp³-hybridized carbons (Fsp3) is 0.269. The molecule has 0 radical (unpaired) electrons. The maximum atomic E-state index is 13.4. The van der Waals surface area contributed by atoms with Gasteiger partial charge in [-0.05, 0) is 60.9 Å². The number of sulfonamides is 1. The Kier molecular flexibility index (Phi) is 6.25. The van der Waals surface area contributed by atoms with Crippen LogP contribution in [-0.2, 0) is 10.0 Å². The summed E-state index contributed by atoms with van der Waals surface area (Å²) in [5.41, 5.74) is 1.75. The van der Waals surface area contributed by atoms with Crippen LogP contribution in [-0.4, -0.2) is 46.1 Å². The van der Waals surface area contributed by atoms with Crippen LogP contribution in [0.4, 0.5) is 5.69 Å². The first-order valence-corrected chi connectivity index (χ1v) is 12.9. The van der Waals surface area contributed by atoms with E-state index in [-0.39, 0.29) is 16.8 Å². The average Bonchev–Trinajstić information content (AvgIpc) is 3.38. The molecule has 3 aromatic carbocycles. The summed E-state index contributed by atoms with van der Waals surface area (Å²) in [5, 5.41) is 0. The van der Waals surface area contributed by atoms with Crippen LogP contribution in [0, 0.1) is 0 Å².